The van der Waals surface area contributed by atoms with E-state index in [0.717, 1.165) is 12.1 Å². The number of ether oxygens (including phenoxy) is 1. The first-order valence-electron chi connectivity index (χ1n) is 8.98. The number of sulfonamides is 1. The van der Waals surface area contributed by atoms with Crippen molar-refractivity contribution in [2.45, 2.75) is 50.5 Å². The molecular formula is C20H23F3N2O4S. The third-order valence-corrected chi connectivity index (χ3v) is 5.19. The average Bonchev–Trinajstić information content (AvgIpc) is 2.63. The second kappa shape index (κ2) is 9.05. The molecule has 30 heavy (non-hydrogen) atoms. The zero-order valence-electron chi connectivity index (χ0n) is 16.7. The van der Waals surface area contributed by atoms with Gasteiger partial charge in [-0.2, -0.15) is 13.2 Å². The molecule has 0 spiro atoms. The highest BCUT2D eigenvalue weighted by Crippen LogP contribution is 2.29. The Kier molecular flexibility index (Phi) is 7.14. The van der Waals surface area contributed by atoms with E-state index in [1.54, 1.807) is 26.8 Å². The number of carbonyl (C=O) groups is 1. The maximum atomic E-state index is 12.6. The van der Waals surface area contributed by atoms with E-state index in [9.17, 15) is 26.4 Å². The Hall–Kier alpha value is -2.59. The predicted octanol–water partition coefficient (Wildman–Crippen LogP) is 4.21. The highest BCUT2D eigenvalue weighted by Gasteiger charge is 2.30. The number of benzene rings is 2. The van der Waals surface area contributed by atoms with Gasteiger partial charge in [0.25, 0.3) is 0 Å². The summed E-state index contributed by atoms with van der Waals surface area (Å²) in [5, 5.41) is 2.54. The molecule has 2 rings (SSSR count). The fourth-order valence-corrected chi connectivity index (χ4v) is 3.47. The van der Waals surface area contributed by atoms with E-state index in [4.69, 9.17) is 4.74 Å². The number of hydrogen-bond acceptors (Lipinski definition) is 4. The van der Waals surface area contributed by atoms with E-state index in [-0.39, 0.29) is 18.0 Å². The predicted molar refractivity (Wildman–Crippen MR) is 105 cm³/mol. The topological polar surface area (TPSA) is 84.5 Å². The summed E-state index contributed by atoms with van der Waals surface area (Å²) in [6.45, 7) is 5.07. The van der Waals surface area contributed by atoms with Crippen LogP contribution in [0.4, 0.5) is 18.0 Å². The van der Waals surface area contributed by atoms with Crippen LogP contribution in [0.3, 0.4) is 0 Å². The Morgan fingerprint density at radius 1 is 0.967 bits per heavy atom. The standard InChI is InChI=1S/C20H23F3N2O4S/c1-19(2,3)29-18(26)24-12-15-5-4-6-17(11-15)30(27,28)25-13-14-7-9-16(10-8-14)20(21,22)23/h4-11,25H,12-13H2,1-3H3,(H,24,26). The number of nitrogens with one attached hydrogen (secondary N) is 2. The highest BCUT2D eigenvalue weighted by molar-refractivity contribution is 7.89. The van der Waals surface area contributed by atoms with Gasteiger partial charge in [-0.05, 0) is 56.2 Å². The van der Waals surface area contributed by atoms with Gasteiger partial charge in [-0.1, -0.05) is 24.3 Å². The fourth-order valence-electron chi connectivity index (χ4n) is 2.38. The van der Waals surface area contributed by atoms with Crippen molar-refractivity contribution < 1.29 is 31.1 Å². The van der Waals surface area contributed by atoms with E-state index < -0.39 is 33.5 Å². The summed E-state index contributed by atoms with van der Waals surface area (Å²) < 4.78 is 70.3. The van der Waals surface area contributed by atoms with Crippen LogP contribution in [0.15, 0.2) is 53.4 Å². The Balaban J connectivity index is 2.01. The van der Waals surface area contributed by atoms with Crippen LogP contribution in [0, 0.1) is 0 Å². The van der Waals surface area contributed by atoms with E-state index >= 15 is 0 Å². The minimum absolute atomic E-state index is 0.0297. The van der Waals surface area contributed by atoms with Crippen molar-refractivity contribution in [3.8, 4) is 0 Å². The SMILES string of the molecule is CC(C)(C)OC(=O)NCc1cccc(S(=O)(=O)NCc2ccc(C(F)(F)F)cc2)c1. The number of halogens is 3. The van der Waals surface area contributed by atoms with E-state index in [0.29, 0.717) is 11.1 Å². The fraction of sp³-hybridized carbons (Fsp3) is 0.350. The van der Waals surface area contributed by atoms with Gasteiger partial charge in [0, 0.05) is 13.1 Å². The highest BCUT2D eigenvalue weighted by atomic mass is 32.2. The molecule has 0 radical (unpaired) electrons. The molecule has 0 saturated heterocycles. The molecule has 2 aromatic rings. The lowest BCUT2D eigenvalue weighted by Gasteiger charge is -2.19. The van der Waals surface area contributed by atoms with Gasteiger partial charge in [0.15, 0.2) is 0 Å². The maximum Gasteiger partial charge on any atom is 0.416 e. The molecule has 0 unspecified atom stereocenters. The number of carbonyl (C=O) groups excluding carboxylic acids is 1. The quantitative estimate of drug-likeness (QED) is 0.699. The monoisotopic (exact) mass is 444 g/mol. The lowest BCUT2D eigenvalue weighted by Crippen LogP contribution is -2.32. The van der Waals surface area contributed by atoms with E-state index in [1.165, 1.54) is 30.3 Å². The summed E-state index contributed by atoms with van der Waals surface area (Å²) in [4.78, 5) is 11.7. The Morgan fingerprint density at radius 2 is 1.60 bits per heavy atom. The molecule has 1 amide bonds. The molecule has 164 valence electrons. The normalized spacial score (nSPS) is 12.5. The zero-order valence-corrected chi connectivity index (χ0v) is 17.5. The Bertz CT molecular complexity index is 982. The minimum Gasteiger partial charge on any atom is -0.444 e. The first-order chi connectivity index (χ1) is 13.8. The van der Waals surface area contributed by atoms with Gasteiger partial charge in [0.2, 0.25) is 10.0 Å². The Morgan fingerprint density at radius 3 is 2.17 bits per heavy atom. The summed E-state index contributed by atoms with van der Waals surface area (Å²) >= 11 is 0. The molecule has 0 aromatic heterocycles. The minimum atomic E-state index is -4.45. The molecule has 10 heteroatoms. The first-order valence-corrected chi connectivity index (χ1v) is 10.5. The van der Waals surface area contributed by atoms with Crippen LogP contribution in [0.2, 0.25) is 0 Å². The summed E-state index contributed by atoms with van der Waals surface area (Å²) in [5.41, 5.74) is -0.538. The van der Waals surface area contributed by atoms with Crippen LogP contribution in [0.5, 0.6) is 0 Å². The third-order valence-electron chi connectivity index (χ3n) is 3.79. The number of rotatable bonds is 6. The molecule has 0 aliphatic carbocycles. The second-order valence-corrected chi connectivity index (χ2v) is 9.29. The van der Waals surface area contributed by atoms with Crippen molar-refractivity contribution in [1.82, 2.24) is 10.0 Å². The number of alkyl carbamates (subject to hydrolysis) is 1. The molecule has 0 atom stereocenters. The van der Waals surface area contributed by atoms with Crippen molar-refractivity contribution in [3.05, 3.63) is 65.2 Å². The van der Waals surface area contributed by atoms with Crippen LogP contribution in [-0.4, -0.2) is 20.1 Å². The summed E-state index contributed by atoms with van der Waals surface area (Å²) in [6.07, 6.45) is -5.08. The van der Waals surface area contributed by atoms with Crippen molar-refractivity contribution >= 4 is 16.1 Å². The van der Waals surface area contributed by atoms with Gasteiger partial charge in [-0.15, -0.1) is 0 Å². The molecule has 6 nitrogen and oxygen atoms in total. The molecule has 2 N–H and O–H groups in total. The smallest absolute Gasteiger partial charge is 0.416 e. The molecule has 0 aliphatic rings. The van der Waals surface area contributed by atoms with Crippen LogP contribution < -0.4 is 10.0 Å². The largest absolute Gasteiger partial charge is 0.444 e. The van der Waals surface area contributed by atoms with Crippen molar-refractivity contribution in [1.29, 1.82) is 0 Å². The molecular weight excluding hydrogens is 421 g/mol. The zero-order chi connectivity index (χ0) is 22.6. The van der Waals surface area contributed by atoms with Gasteiger partial charge >= 0.3 is 12.3 Å². The number of alkyl halides is 3. The van der Waals surface area contributed by atoms with Gasteiger partial charge in [0.05, 0.1) is 10.5 Å². The molecule has 0 fully saturated rings. The molecule has 0 heterocycles. The van der Waals surface area contributed by atoms with Gasteiger partial charge < -0.3 is 10.1 Å². The molecule has 2 aromatic carbocycles. The summed E-state index contributed by atoms with van der Waals surface area (Å²) in [5.74, 6) is 0. The van der Waals surface area contributed by atoms with Crippen LogP contribution in [0.25, 0.3) is 0 Å². The van der Waals surface area contributed by atoms with Gasteiger partial charge in [-0.3, -0.25) is 0 Å². The maximum absolute atomic E-state index is 12.6. The lowest BCUT2D eigenvalue weighted by molar-refractivity contribution is -0.137. The Labute approximate surface area is 173 Å². The summed E-state index contributed by atoms with van der Waals surface area (Å²) in [7, 11) is -3.90. The van der Waals surface area contributed by atoms with Crippen LogP contribution in [0.1, 0.15) is 37.5 Å². The average molecular weight is 444 g/mol. The van der Waals surface area contributed by atoms with E-state index in [2.05, 4.69) is 10.0 Å². The second-order valence-electron chi connectivity index (χ2n) is 7.52. The van der Waals surface area contributed by atoms with Gasteiger partial charge in [-0.25, -0.2) is 17.9 Å². The van der Waals surface area contributed by atoms with Crippen molar-refractivity contribution in [2.24, 2.45) is 0 Å². The summed E-state index contributed by atoms with van der Waals surface area (Å²) in [6, 6.07) is 10.2. The van der Waals surface area contributed by atoms with Crippen molar-refractivity contribution in [2.75, 3.05) is 0 Å². The van der Waals surface area contributed by atoms with Crippen LogP contribution >= 0.6 is 0 Å². The first kappa shape index (κ1) is 23.7. The number of amides is 1. The lowest BCUT2D eigenvalue weighted by atomic mass is 10.1. The molecule has 0 bridgehead atoms. The van der Waals surface area contributed by atoms with Crippen molar-refractivity contribution in [3.63, 3.8) is 0 Å². The number of hydrogen-bond donors (Lipinski definition) is 2. The van der Waals surface area contributed by atoms with Crippen LogP contribution in [-0.2, 0) is 34.0 Å². The molecule has 0 saturated carbocycles. The van der Waals surface area contributed by atoms with E-state index in [1.807, 2.05) is 0 Å². The molecule has 0 aliphatic heterocycles. The van der Waals surface area contributed by atoms with Gasteiger partial charge in [0.1, 0.15) is 5.60 Å². The third kappa shape index (κ3) is 7.34.